The second kappa shape index (κ2) is 5.85. The number of carbonyl (C=O) groups is 1. The van der Waals surface area contributed by atoms with Gasteiger partial charge in [-0.25, -0.2) is 0 Å². The van der Waals surface area contributed by atoms with Gasteiger partial charge in [0, 0.05) is 19.1 Å². The highest BCUT2D eigenvalue weighted by molar-refractivity contribution is 5.81. The minimum atomic E-state index is -0.0109. The maximum atomic E-state index is 12.1. The van der Waals surface area contributed by atoms with Crippen LogP contribution < -0.4 is 5.32 Å². The largest absolute Gasteiger partial charge is 0.341 e. The molecule has 0 aromatic carbocycles. The highest BCUT2D eigenvalue weighted by atomic mass is 16.2. The molecule has 0 spiro atoms. The van der Waals surface area contributed by atoms with E-state index >= 15 is 0 Å². The molecule has 0 aromatic heterocycles. The summed E-state index contributed by atoms with van der Waals surface area (Å²) in [6, 6.07) is 0.463. The van der Waals surface area contributed by atoms with Gasteiger partial charge in [-0.15, -0.1) is 0 Å². The monoisotopic (exact) mass is 238 g/mol. The van der Waals surface area contributed by atoms with Gasteiger partial charge in [-0.2, -0.15) is 0 Å². The molecule has 2 fully saturated rings. The quantitative estimate of drug-likeness (QED) is 0.796. The smallest absolute Gasteiger partial charge is 0.239 e. The first kappa shape index (κ1) is 12.9. The van der Waals surface area contributed by atoms with Crippen molar-refractivity contribution in [1.29, 1.82) is 0 Å². The van der Waals surface area contributed by atoms with Crippen LogP contribution in [0, 0.1) is 5.92 Å². The molecule has 3 nitrogen and oxygen atoms in total. The molecule has 0 aromatic rings. The molecule has 2 rings (SSSR count). The Kier molecular flexibility index (Phi) is 4.43. The molecule has 3 heteroatoms. The molecule has 1 aliphatic carbocycles. The number of nitrogens with one attached hydrogen (secondary N) is 1. The third kappa shape index (κ3) is 3.44. The molecule has 2 aliphatic rings. The fourth-order valence-corrected chi connectivity index (χ4v) is 3.01. The standard InChI is InChI=1S/C14H26N2O/c1-11(10-13-6-5-7-13)15-12(2)14(17)16-8-3-4-9-16/h11-13,15H,3-10H2,1-2H3. The summed E-state index contributed by atoms with van der Waals surface area (Å²) in [6.07, 6.45) is 7.77. The molecule has 1 N–H and O–H groups in total. The van der Waals surface area contributed by atoms with E-state index in [2.05, 4.69) is 12.2 Å². The summed E-state index contributed by atoms with van der Waals surface area (Å²) in [5.74, 6) is 1.20. The van der Waals surface area contributed by atoms with Crippen molar-refractivity contribution in [2.24, 2.45) is 5.92 Å². The third-order valence-electron chi connectivity index (χ3n) is 4.23. The number of rotatable bonds is 5. The lowest BCUT2D eigenvalue weighted by molar-refractivity contribution is -0.132. The Bertz CT molecular complexity index is 257. The molecule has 17 heavy (non-hydrogen) atoms. The number of likely N-dealkylation sites (tertiary alicyclic amines) is 1. The van der Waals surface area contributed by atoms with Crippen LogP contribution in [-0.2, 0) is 4.79 Å². The van der Waals surface area contributed by atoms with E-state index in [1.165, 1.54) is 38.5 Å². The van der Waals surface area contributed by atoms with Crippen molar-refractivity contribution in [2.75, 3.05) is 13.1 Å². The Morgan fingerprint density at radius 2 is 1.88 bits per heavy atom. The van der Waals surface area contributed by atoms with Gasteiger partial charge in [-0.05, 0) is 39.0 Å². The molecular formula is C14H26N2O. The van der Waals surface area contributed by atoms with Crippen LogP contribution in [0.15, 0.2) is 0 Å². The summed E-state index contributed by atoms with van der Waals surface area (Å²) in [5.41, 5.74) is 0. The van der Waals surface area contributed by atoms with Crippen LogP contribution in [-0.4, -0.2) is 36.0 Å². The Balaban J connectivity index is 1.70. The number of amides is 1. The van der Waals surface area contributed by atoms with Crippen LogP contribution in [0.3, 0.4) is 0 Å². The Labute approximate surface area is 105 Å². The van der Waals surface area contributed by atoms with Gasteiger partial charge in [0.15, 0.2) is 0 Å². The molecule has 0 bridgehead atoms. The van der Waals surface area contributed by atoms with E-state index in [4.69, 9.17) is 0 Å². The van der Waals surface area contributed by atoms with Crippen molar-refractivity contribution in [3.05, 3.63) is 0 Å². The number of hydrogen-bond donors (Lipinski definition) is 1. The van der Waals surface area contributed by atoms with Gasteiger partial charge in [0.2, 0.25) is 5.91 Å². The van der Waals surface area contributed by atoms with Crippen LogP contribution in [0.25, 0.3) is 0 Å². The van der Waals surface area contributed by atoms with E-state index in [9.17, 15) is 4.79 Å². The van der Waals surface area contributed by atoms with Crippen molar-refractivity contribution >= 4 is 5.91 Å². The lowest BCUT2D eigenvalue weighted by atomic mass is 9.81. The van der Waals surface area contributed by atoms with E-state index < -0.39 is 0 Å². The maximum absolute atomic E-state index is 12.1. The SMILES string of the molecule is CC(CC1CCC1)NC(C)C(=O)N1CCCC1. The second-order valence-corrected chi connectivity index (χ2v) is 5.85. The Morgan fingerprint density at radius 1 is 1.24 bits per heavy atom. The first-order valence-corrected chi connectivity index (χ1v) is 7.21. The van der Waals surface area contributed by atoms with Crippen LogP contribution in [0.2, 0.25) is 0 Å². The predicted octanol–water partition coefficient (Wildman–Crippen LogP) is 2.17. The van der Waals surface area contributed by atoms with Crippen LogP contribution in [0.4, 0.5) is 0 Å². The van der Waals surface area contributed by atoms with E-state index in [0.717, 1.165) is 19.0 Å². The van der Waals surface area contributed by atoms with Gasteiger partial charge < -0.3 is 10.2 Å². The minimum absolute atomic E-state index is 0.0109. The predicted molar refractivity (Wildman–Crippen MR) is 69.8 cm³/mol. The lowest BCUT2D eigenvalue weighted by Gasteiger charge is -2.30. The van der Waals surface area contributed by atoms with E-state index in [-0.39, 0.29) is 6.04 Å². The van der Waals surface area contributed by atoms with Crippen molar-refractivity contribution in [1.82, 2.24) is 10.2 Å². The maximum Gasteiger partial charge on any atom is 0.239 e. The first-order chi connectivity index (χ1) is 8.16. The molecule has 2 unspecified atom stereocenters. The van der Waals surface area contributed by atoms with Crippen molar-refractivity contribution in [3.63, 3.8) is 0 Å². The van der Waals surface area contributed by atoms with Crippen LogP contribution in [0.1, 0.15) is 52.4 Å². The number of nitrogens with zero attached hydrogens (tertiary/aromatic N) is 1. The molecule has 1 saturated carbocycles. The zero-order chi connectivity index (χ0) is 12.3. The third-order valence-corrected chi connectivity index (χ3v) is 4.23. The van der Waals surface area contributed by atoms with Gasteiger partial charge in [0.1, 0.15) is 0 Å². The zero-order valence-corrected chi connectivity index (χ0v) is 11.2. The normalized spacial score (nSPS) is 24.5. The van der Waals surface area contributed by atoms with Crippen molar-refractivity contribution in [2.45, 2.75) is 64.5 Å². The molecule has 1 heterocycles. The topological polar surface area (TPSA) is 32.3 Å². The van der Waals surface area contributed by atoms with Gasteiger partial charge in [-0.1, -0.05) is 19.3 Å². The molecule has 0 radical (unpaired) electrons. The van der Waals surface area contributed by atoms with Crippen molar-refractivity contribution in [3.8, 4) is 0 Å². The summed E-state index contributed by atoms with van der Waals surface area (Å²) >= 11 is 0. The molecule has 2 atom stereocenters. The molecule has 1 saturated heterocycles. The average Bonchev–Trinajstić information content (AvgIpc) is 2.75. The summed E-state index contributed by atoms with van der Waals surface area (Å²) in [5, 5.41) is 3.46. The fraction of sp³-hybridized carbons (Fsp3) is 0.929. The fourth-order valence-electron chi connectivity index (χ4n) is 3.01. The molecule has 1 amide bonds. The van der Waals surface area contributed by atoms with E-state index in [1.54, 1.807) is 0 Å². The van der Waals surface area contributed by atoms with Gasteiger partial charge in [0.25, 0.3) is 0 Å². The minimum Gasteiger partial charge on any atom is -0.341 e. The number of hydrogen-bond acceptors (Lipinski definition) is 2. The lowest BCUT2D eigenvalue weighted by Crippen LogP contribution is -2.47. The molecule has 98 valence electrons. The second-order valence-electron chi connectivity index (χ2n) is 5.85. The highest BCUT2D eigenvalue weighted by Crippen LogP contribution is 2.30. The average molecular weight is 238 g/mol. The Hall–Kier alpha value is -0.570. The van der Waals surface area contributed by atoms with E-state index in [0.29, 0.717) is 11.9 Å². The summed E-state index contributed by atoms with van der Waals surface area (Å²) in [6.45, 7) is 6.15. The Morgan fingerprint density at radius 3 is 2.41 bits per heavy atom. The van der Waals surface area contributed by atoms with Gasteiger partial charge in [0.05, 0.1) is 6.04 Å². The summed E-state index contributed by atoms with van der Waals surface area (Å²) < 4.78 is 0. The van der Waals surface area contributed by atoms with Gasteiger partial charge in [-0.3, -0.25) is 4.79 Å². The molecular weight excluding hydrogens is 212 g/mol. The summed E-state index contributed by atoms with van der Waals surface area (Å²) in [7, 11) is 0. The number of carbonyl (C=O) groups excluding carboxylic acids is 1. The van der Waals surface area contributed by atoms with Crippen LogP contribution >= 0.6 is 0 Å². The summed E-state index contributed by atoms with van der Waals surface area (Å²) in [4.78, 5) is 14.1. The van der Waals surface area contributed by atoms with Crippen LogP contribution in [0.5, 0.6) is 0 Å². The first-order valence-electron chi connectivity index (χ1n) is 7.21. The zero-order valence-electron chi connectivity index (χ0n) is 11.2. The van der Waals surface area contributed by atoms with E-state index in [1.807, 2.05) is 11.8 Å². The highest BCUT2D eigenvalue weighted by Gasteiger charge is 2.25. The van der Waals surface area contributed by atoms with Gasteiger partial charge >= 0.3 is 0 Å². The molecule has 1 aliphatic heterocycles. The van der Waals surface area contributed by atoms with Crippen molar-refractivity contribution < 1.29 is 4.79 Å².